The maximum atomic E-state index is 13.0. The van der Waals surface area contributed by atoms with Gasteiger partial charge in [0.05, 0.1) is 0 Å². The quantitative estimate of drug-likeness (QED) is 0.736. The second kappa shape index (κ2) is 8.24. The zero-order valence-corrected chi connectivity index (χ0v) is 17.4. The molecule has 2 N–H and O–H groups in total. The van der Waals surface area contributed by atoms with Crippen molar-refractivity contribution >= 4 is 17.7 Å². The summed E-state index contributed by atoms with van der Waals surface area (Å²) in [5.41, 5.74) is 4.96. The van der Waals surface area contributed by atoms with E-state index in [0.29, 0.717) is 18.5 Å². The summed E-state index contributed by atoms with van der Waals surface area (Å²) >= 11 is 0. The fraction of sp³-hybridized carbons (Fsp3) is 0.375. The van der Waals surface area contributed by atoms with Gasteiger partial charge in [-0.1, -0.05) is 36.4 Å². The number of imide groups is 1. The van der Waals surface area contributed by atoms with Crippen molar-refractivity contribution < 1.29 is 14.4 Å². The summed E-state index contributed by atoms with van der Waals surface area (Å²) < 4.78 is 0. The normalized spacial score (nSPS) is 21.9. The van der Waals surface area contributed by atoms with Crippen LogP contribution in [-0.4, -0.2) is 59.7 Å². The predicted octanol–water partition coefficient (Wildman–Crippen LogP) is 1.52. The smallest absolute Gasteiger partial charge is 0.255 e. The summed E-state index contributed by atoms with van der Waals surface area (Å²) in [4.78, 5) is 40.9. The van der Waals surface area contributed by atoms with Gasteiger partial charge in [-0.05, 0) is 34.7 Å². The molecule has 3 heterocycles. The van der Waals surface area contributed by atoms with E-state index in [9.17, 15) is 14.4 Å². The van der Waals surface area contributed by atoms with Crippen LogP contribution in [0.4, 0.5) is 0 Å². The summed E-state index contributed by atoms with van der Waals surface area (Å²) in [6, 6.07) is 13.7. The summed E-state index contributed by atoms with van der Waals surface area (Å²) in [6.45, 7) is 5.52. The van der Waals surface area contributed by atoms with Gasteiger partial charge in [-0.2, -0.15) is 0 Å². The summed E-state index contributed by atoms with van der Waals surface area (Å²) in [6.07, 6.45) is 0.637. The highest BCUT2D eigenvalue weighted by Crippen LogP contribution is 2.34. The standard InChI is InChI=1S/C24H26N4O3/c29-22-9-8-21(23(30)26-22)28-15-20-18(2-1-3-19(20)24(28)31)17-6-4-16(5-7-17)14-27-12-10-25-11-13-27/h1-7,21,25H,8-15H2,(H,26,29,30). The average Bonchev–Trinajstić information content (AvgIpc) is 3.12. The molecule has 3 amide bonds. The van der Waals surface area contributed by atoms with Crippen LogP contribution in [0.1, 0.15) is 34.3 Å². The van der Waals surface area contributed by atoms with Crippen molar-refractivity contribution in [3.63, 3.8) is 0 Å². The number of fused-ring (bicyclic) bond motifs is 1. The number of amides is 3. The van der Waals surface area contributed by atoms with Crippen LogP contribution >= 0.6 is 0 Å². The highest BCUT2D eigenvalue weighted by atomic mass is 16.2. The van der Waals surface area contributed by atoms with E-state index in [4.69, 9.17) is 0 Å². The van der Waals surface area contributed by atoms with Gasteiger partial charge in [-0.15, -0.1) is 0 Å². The number of piperidine rings is 1. The third-order valence-corrected chi connectivity index (χ3v) is 6.46. The molecule has 160 valence electrons. The molecule has 7 nitrogen and oxygen atoms in total. The van der Waals surface area contributed by atoms with Gasteiger partial charge in [0.1, 0.15) is 6.04 Å². The average molecular weight is 418 g/mol. The van der Waals surface area contributed by atoms with Crippen LogP contribution in [0, 0.1) is 0 Å². The van der Waals surface area contributed by atoms with E-state index in [0.717, 1.165) is 49.4 Å². The molecule has 0 spiro atoms. The van der Waals surface area contributed by atoms with Crippen LogP contribution in [0.15, 0.2) is 42.5 Å². The molecule has 1 atom stereocenters. The summed E-state index contributed by atoms with van der Waals surface area (Å²) in [7, 11) is 0. The monoisotopic (exact) mass is 418 g/mol. The lowest BCUT2D eigenvalue weighted by Crippen LogP contribution is -2.52. The Morgan fingerprint density at radius 1 is 0.935 bits per heavy atom. The molecule has 2 aromatic rings. The lowest BCUT2D eigenvalue weighted by molar-refractivity contribution is -0.136. The fourth-order valence-electron chi connectivity index (χ4n) is 4.77. The van der Waals surface area contributed by atoms with Crippen LogP contribution in [-0.2, 0) is 22.7 Å². The fourth-order valence-corrected chi connectivity index (χ4v) is 4.77. The van der Waals surface area contributed by atoms with Crippen LogP contribution in [0.3, 0.4) is 0 Å². The van der Waals surface area contributed by atoms with Crippen molar-refractivity contribution in [2.24, 2.45) is 0 Å². The van der Waals surface area contributed by atoms with Gasteiger partial charge in [-0.3, -0.25) is 24.6 Å². The van der Waals surface area contributed by atoms with Crippen LogP contribution in [0.2, 0.25) is 0 Å². The number of piperazine rings is 1. The first-order valence-corrected chi connectivity index (χ1v) is 10.9. The lowest BCUT2D eigenvalue weighted by atomic mass is 9.96. The van der Waals surface area contributed by atoms with E-state index in [2.05, 4.69) is 39.8 Å². The largest absolute Gasteiger partial charge is 0.322 e. The molecule has 3 aliphatic heterocycles. The molecule has 31 heavy (non-hydrogen) atoms. The van der Waals surface area contributed by atoms with Gasteiger partial charge in [0, 0.05) is 51.3 Å². The zero-order valence-electron chi connectivity index (χ0n) is 17.4. The lowest BCUT2D eigenvalue weighted by Gasteiger charge is -2.29. The van der Waals surface area contributed by atoms with E-state index in [-0.39, 0.29) is 24.1 Å². The molecule has 5 rings (SSSR count). The number of carbonyl (C=O) groups excluding carboxylic acids is 3. The Balaban J connectivity index is 1.36. The number of carbonyl (C=O) groups is 3. The molecule has 0 aromatic heterocycles. The Morgan fingerprint density at radius 3 is 2.42 bits per heavy atom. The first-order chi connectivity index (χ1) is 15.1. The first-order valence-electron chi connectivity index (χ1n) is 10.9. The topological polar surface area (TPSA) is 81.8 Å². The van der Waals surface area contributed by atoms with Gasteiger partial charge in [-0.25, -0.2) is 0 Å². The Bertz CT molecular complexity index is 1030. The van der Waals surface area contributed by atoms with E-state index in [1.54, 1.807) is 4.90 Å². The zero-order chi connectivity index (χ0) is 21.4. The van der Waals surface area contributed by atoms with Crippen molar-refractivity contribution in [2.45, 2.75) is 32.0 Å². The second-order valence-electron chi connectivity index (χ2n) is 8.45. The molecular weight excluding hydrogens is 392 g/mol. The Labute approximate surface area is 181 Å². The molecule has 2 saturated heterocycles. The van der Waals surface area contributed by atoms with Crippen molar-refractivity contribution in [1.29, 1.82) is 0 Å². The first kappa shape index (κ1) is 19.9. The Morgan fingerprint density at radius 2 is 1.68 bits per heavy atom. The van der Waals surface area contributed by atoms with E-state index >= 15 is 0 Å². The molecule has 1 unspecified atom stereocenters. The van der Waals surface area contributed by atoms with E-state index in [1.165, 1.54) is 5.56 Å². The van der Waals surface area contributed by atoms with E-state index in [1.807, 2.05) is 18.2 Å². The third kappa shape index (κ3) is 3.86. The highest BCUT2D eigenvalue weighted by molar-refractivity contribution is 6.06. The van der Waals surface area contributed by atoms with Gasteiger partial charge >= 0.3 is 0 Å². The maximum Gasteiger partial charge on any atom is 0.255 e. The summed E-state index contributed by atoms with van der Waals surface area (Å²) in [5, 5.41) is 5.74. The molecule has 0 saturated carbocycles. The minimum Gasteiger partial charge on any atom is -0.322 e. The number of hydrogen-bond acceptors (Lipinski definition) is 5. The van der Waals surface area contributed by atoms with E-state index < -0.39 is 6.04 Å². The van der Waals surface area contributed by atoms with Gasteiger partial charge in [0.25, 0.3) is 5.91 Å². The predicted molar refractivity (Wildman–Crippen MR) is 116 cm³/mol. The number of benzene rings is 2. The molecule has 2 fully saturated rings. The molecule has 0 bridgehead atoms. The van der Waals surface area contributed by atoms with Crippen molar-refractivity contribution in [2.75, 3.05) is 26.2 Å². The van der Waals surface area contributed by atoms with Gasteiger partial charge in [0.2, 0.25) is 11.8 Å². The van der Waals surface area contributed by atoms with Crippen molar-refractivity contribution in [3.8, 4) is 11.1 Å². The molecular formula is C24H26N4O3. The minimum atomic E-state index is -0.591. The number of nitrogens with zero attached hydrogens (tertiary/aromatic N) is 2. The minimum absolute atomic E-state index is 0.137. The van der Waals surface area contributed by atoms with Crippen LogP contribution in [0.25, 0.3) is 11.1 Å². The number of hydrogen-bond donors (Lipinski definition) is 2. The molecule has 7 heteroatoms. The van der Waals surface area contributed by atoms with Gasteiger partial charge < -0.3 is 10.2 Å². The molecule has 0 aliphatic carbocycles. The molecule has 0 radical (unpaired) electrons. The molecule has 2 aromatic carbocycles. The van der Waals surface area contributed by atoms with Crippen molar-refractivity contribution in [3.05, 3.63) is 59.2 Å². The van der Waals surface area contributed by atoms with Crippen LogP contribution in [0.5, 0.6) is 0 Å². The Hall–Kier alpha value is -3.03. The van der Waals surface area contributed by atoms with Gasteiger partial charge in [0.15, 0.2) is 0 Å². The number of nitrogens with one attached hydrogen (secondary N) is 2. The summed E-state index contributed by atoms with van der Waals surface area (Å²) in [5.74, 6) is -0.787. The Kier molecular flexibility index (Phi) is 5.29. The number of rotatable bonds is 4. The maximum absolute atomic E-state index is 13.0. The van der Waals surface area contributed by atoms with Crippen LogP contribution < -0.4 is 10.6 Å². The highest BCUT2D eigenvalue weighted by Gasteiger charge is 2.39. The van der Waals surface area contributed by atoms with Crippen molar-refractivity contribution in [1.82, 2.24) is 20.4 Å². The molecule has 3 aliphatic rings. The third-order valence-electron chi connectivity index (χ3n) is 6.46. The SMILES string of the molecule is O=C1CCC(N2Cc3c(cccc3-c3ccc(CN4CCNCC4)cc3)C2=O)C(=O)N1. The second-order valence-corrected chi connectivity index (χ2v) is 8.45.